The van der Waals surface area contributed by atoms with E-state index in [1.54, 1.807) is 0 Å². The zero-order valence-electron chi connectivity index (χ0n) is 9.82. The Bertz CT molecular complexity index is 186. The number of nitrogens with zero attached hydrogens (tertiary/aromatic N) is 1. The number of likely N-dealkylation sites (tertiary alicyclic amines) is 1. The molecule has 1 fully saturated rings. The molecule has 16 heavy (non-hydrogen) atoms. The van der Waals surface area contributed by atoms with E-state index in [4.69, 9.17) is 0 Å². The maximum Gasteiger partial charge on any atom is 0.390 e. The molecule has 1 rings (SSSR count). The first kappa shape index (κ1) is 13.8. The van der Waals surface area contributed by atoms with Crippen LogP contribution in [-0.4, -0.2) is 43.8 Å². The average molecular weight is 238 g/mol. The van der Waals surface area contributed by atoms with Gasteiger partial charge in [0.2, 0.25) is 0 Å². The Morgan fingerprint density at radius 3 is 2.38 bits per heavy atom. The van der Waals surface area contributed by atoms with Gasteiger partial charge in [0.05, 0.1) is 6.42 Å². The molecule has 0 amide bonds. The molecule has 1 heterocycles. The van der Waals surface area contributed by atoms with Gasteiger partial charge in [0.15, 0.2) is 0 Å². The van der Waals surface area contributed by atoms with Gasteiger partial charge in [0.25, 0.3) is 0 Å². The van der Waals surface area contributed by atoms with Gasteiger partial charge in [-0.2, -0.15) is 13.2 Å². The van der Waals surface area contributed by atoms with Crippen LogP contribution in [0.1, 0.15) is 26.2 Å². The summed E-state index contributed by atoms with van der Waals surface area (Å²) >= 11 is 0. The van der Waals surface area contributed by atoms with E-state index in [0.717, 1.165) is 39.0 Å². The lowest BCUT2D eigenvalue weighted by atomic mass is 9.96. The van der Waals surface area contributed by atoms with Crippen molar-refractivity contribution in [3.05, 3.63) is 0 Å². The van der Waals surface area contributed by atoms with Crippen LogP contribution in [0.4, 0.5) is 13.2 Å². The van der Waals surface area contributed by atoms with Crippen molar-refractivity contribution in [1.29, 1.82) is 0 Å². The zero-order chi connectivity index (χ0) is 12.0. The fourth-order valence-electron chi connectivity index (χ4n) is 2.05. The van der Waals surface area contributed by atoms with E-state index in [0.29, 0.717) is 5.92 Å². The van der Waals surface area contributed by atoms with Gasteiger partial charge in [-0.05, 0) is 44.9 Å². The van der Waals surface area contributed by atoms with Gasteiger partial charge < -0.3 is 10.2 Å². The maximum absolute atomic E-state index is 12.0. The summed E-state index contributed by atoms with van der Waals surface area (Å²) in [5.74, 6) is 0.641. The topological polar surface area (TPSA) is 15.3 Å². The number of halogens is 3. The van der Waals surface area contributed by atoms with Gasteiger partial charge in [-0.25, -0.2) is 0 Å². The third-order valence-electron chi connectivity index (χ3n) is 3.10. The normalized spacial score (nSPS) is 20.2. The van der Waals surface area contributed by atoms with E-state index < -0.39 is 12.6 Å². The summed E-state index contributed by atoms with van der Waals surface area (Å²) in [5, 5.41) is 3.29. The highest BCUT2D eigenvalue weighted by Gasteiger charge is 2.28. The molecule has 96 valence electrons. The van der Waals surface area contributed by atoms with Crippen molar-refractivity contribution in [3.8, 4) is 0 Å². The van der Waals surface area contributed by atoms with E-state index in [9.17, 15) is 13.2 Å². The molecule has 0 unspecified atom stereocenters. The Morgan fingerprint density at radius 2 is 1.88 bits per heavy atom. The molecule has 5 heteroatoms. The van der Waals surface area contributed by atoms with Crippen LogP contribution in [-0.2, 0) is 0 Å². The molecule has 0 atom stereocenters. The molecule has 2 nitrogen and oxygen atoms in total. The van der Waals surface area contributed by atoms with Crippen molar-refractivity contribution >= 4 is 0 Å². The first-order valence-electron chi connectivity index (χ1n) is 6.01. The average Bonchev–Trinajstić information content (AvgIpc) is 2.24. The molecule has 0 saturated carbocycles. The lowest BCUT2D eigenvalue weighted by Gasteiger charge is -2.32. The second-order valence-electron chi connectivity index (χ2n) is 4.46. The van der Waals surface area contributed by atoms with Crippen LogP contribution in [0.5, 0.6) is 0 Å². The molecular formula is C11H21F3N2. The Morgan fingerprint density at radius 1 is 1.25 bits per heavy atom. The van der Waals surface area contributed by atoms with Crippen molar-refractivity contribution in [2.75, 3.05) is 32.7 Å². The first-order chi connectivity index (χ1) is 7.51. The van der Waals surface area contributed by atoms with Crippen molar-refractivity contribution in [2.24, 2.45) is 5.92 Å². The minimum Gasteiger partial charge on any atom is -0.317 e. The van der Waals surface area contributed by atoms with Crippen molar-refractivity contribution < 1.29 is 13.2 Å². The summed E-state index contributed by atoms with van der Waals surface area (Å²) in [6.45, 7) is 5.83. The smallest absolute Gasteiger partial charge is 0.317 e. The van der Waals surface area contributed by atoms with Crippen LogP contribution in [0.2, 0.25) is 0 Å². The summed E-state index contributed by atoms with van der Waals surface area (Å²) in [4.78, 5) is 1.93. The largest absolute Gasteiger partial charge is 0.390 e. The van der Waals surface area contributed by atoms with Crippen LogP contribution in [0, 0.1) is 5.92 Å². The van der Waals surface area contributed by atoms with E-state index in [2.05, 4.69) is 12.2 Å². The molecular weight excluding hydrogens is 217 g/mol. The van der Waals surface area contributed by atoms with Crippen LogP contribution in [0.25, 0.3) is 0 Å². The summed E-state index contributed by atoms with van der Waals surface area (Å²) in [6, 6.07) is 0. The fourth-order valence-corrected chi connectivity index (χ4v) is 2.05. The SMILES string of the molecule is CCNCC1CCN(CCC(F)(F)F)CC1. The predicted octanol–water partition coefficient (Wildman–Crippen LogP) is 2.26. The number of hydrogen-bond donors (Lipinski definition) is 1. The molecule has 0 aromatic carbocycles. The zero-order valence-corrected chi connectivity index (χ0v) is 9.82. The Hall–Kier alpha value is -0.290. The second-order valence-corrected chi connectivity index (χ2v) is 4.46. The Balaban J connectivity index is 2.12. The van der Waals surface area contributed by atoms with E-state index in [1.807, 2.05) is 4.90 Å². The molecule has 1 N–H and O–H groups in total. The quantitative estimate of drug-likeness (QED) is 0.790. The molecule has 1 aliphatic rings. The molecule has 0 bridgehead atoms. The Labute approximate surface area is 95.2 Å². The number of rotatable bonds is 5. The van der Waals surface area contributed by atoms with Gasteiger partial charge in [-0.15, -0.1) is 0 Å². The molecule has 0 spiro atoms. The fraction of sp³-hybridized carbons (Fsp3) is 1.00. The van der Waals surface area contributed by atoms with Gasteiger partial charge in [0.1, 0.15) is 0 Å². The van der Waals surface area contributed by atoms with E-state index in [1.165, 1.54) is 0 Å². The minimum atomic E-state index is -4.01. The third kappa shape index (κ3) is 5.70. The van der Waals surface area contributed by atoms with Crippen molar-refractivity contribution in [2.45, 2.75) is 32.4 Å². The monoisotopic (exact) mass is 238 g/mol. The van der Waals surface area contributed by atoms with Crippen LogP contribution in [0.15, 0.2) is 0 Å². The number of piperidine rings is 1. The number of nitrogens with one attached hydrogen (secondary N) is 1. The summed E-state index contributed by atoms with van der Waals surface area (Å²) in [5.41, 5.74) is 0. The predicted molar refractivity (Wildman–Crippen MR) is 58.4 cm³/mol. The van der Waals surface area contributed by atoms with Gasteiger partial charge in [0, 0.05) is 6.54 Å². The number of hydrogen-bond acceptors (Lipinski definition) is 2. The highest BCUT2D eigenvalue weighted by atomic mass is 19.4. The highest BCUT2D eigenvalue weighted by Crippen LogP contribution is 2.22. The van der Waals surface area contributed by atoms with Gasteiger partial charge >= 0.3 is 6.18 Å². The van der Waals surface area contributed by atoms with Crippen LogP contribution >= 0.6 is 0 Å². The molecule has 0 aromatic rings. The minimum absolute atomic E-state index is 0.164. The van der Waals surface area contributed by atoms with E-state index in [-0.39, 0.29) is 6.54 Å². The lowest BCUT2D eigenvalue weighted by molar-refractivity contribution is -0.138. The van der Waals surface area contributed by atoms with Crippen molar-refractivity contribution in [3.63, 3.8) is 0 Å². The van der Waals surface area contributed by atoms with Crippen molar-refractivity contribution in [1.82, 2.24) is 10.2 Å². The molecule has 0 aliphatic carbocycles. The molecule has 0 radical (unpaired) electrons. The Kier molecular flexibility index (Phi) is 5.55. The van der Waals surface area contributed by atoms with Gasteiger partial charge in [-0.1, -0.05) is 6.92 Å². The molecule has 0 aromatic heterocycles. The first-order valence-corrected chi connectivity index (χ1v) is 6.01. The summed E-state index contributed by atoms with van der Waals surface area (Å²) < 4.78 is 36.1. The highest BCUT2D eigenvalue weighted by molar-refractivity contribution is 4.74. The standard InChI is InChI=1S/C11H21F3N2/c1-2-15-9-10-3-6-16(7-4-10)8-5-11(12,13)14/h10,15H,2-9H2,1H3. The molecule has 1 aliphatic heterocycles. The van der Waals surface area contributed by atoms with E-state index >= 15 is 0 Å². The maximum atomic E-state index is 12.0. The second kappa shape index (κ2) is 6.45. The number of alkyl halides is 3. The summed E-state index contributed by atoms with van der Waals surface area (Å²) in [7, 11) is 0. The van der Waals surface area contributed by atoms with Gasteiger partial charge in [-0.3, -0.25) is 0 Å². The third-order valence-corrected chi connectivity index (χ3v) is 3.10. The summed E-state index contributed by atoms with van der Waals surface area (Å²) in [6.07, 6.45) is -2.65. The molecule has 1 saturated heterocycles. The van der Waals surface area contributed by atoms with Crippen LogP contribution in [0.3, 0.4) is 0 Å². The van der Waals surface area contributed by atoms with Crippen LogP contribution < -0.4 is 5.32 Å². The lowest BCUT2D eigenvalue weighted by Crippen LogP contribution is -2.38.